The van der Waals surface area contributed by atoms with Gasteiger partial charge in [0.25, 0.3) is 0 Å². The SMILES string of the molecule is CCC1(C)CCN(C(=O)C2CCc3ccccc3N2)CC1. The van der Waals surface area contributed by atoms with Crippen LogP contribution in [0.15, 0.2) is 24.3 Å². The molecule has 3 rings (SSSR count). The molecule has 0 spiro atoms. The van der Waals surface area contributed by atoms with Crippen LogP contribution in [0.2, 0.25) is 0 Å². The molecule has 1 aromatic carbocycles. The molecule has 3 heteroatoms. The standard InChI is InChI=1S/C18H26N2O/c1-3-18(2)10-12-20(13-11-18)17(21)16-9-8-14-6-4-5-7-15(14)19-16/h4-7,16,19H,3,8-13H2,1-2H3. The maximum Gasteiger partial charge on any atom is 0.245 e. The zero-order chi connectivity index (χ0) is 14.9. The Kier molecular flexibility index (Phi) is 3.92. The molecule has 114 valence electrons. The van der Waals surface area contributed by atoms with Gasteiger partial charge in [0.05, 0.1) is 0 Å². The number of aryl methyl sites for hydroxylation is 1. The number of rotatable bonds is 2. The van der Waals surface area contributed by atoms with E-state index in [9.17, 15) is 4.79 Å². The molecule has 1 aromatic rings. The van der Waals surface area contributed by atoms with E-state index in [1.807, 2.05) is 6.07 Å². The van der Waals surface area contributed by atoms with Crippen molar-refractivity contribution < 1.29 is 4.79 Å². The minimum atomic E-state index is -0.0362. The van der Waals surface area contributed by atoms with E-state index in [4.69, 9.17) is 0 Å². The Morgan fingerprint density at radius 3 is 2.76 bits per heavy atom. The number of nitrogens with one attached hydrogen (secondary N) is 1. The van der Waals surface area contributed by atoms with E-state index in [2.05, 4.69) is 42.3 Å². The van der Waals surface area contributed by atoms with E-state index in [0.29, 0.717) is 11.3 Å². The number of carbonyl (C=O) groups excluding carboxylic acids is 1. The molecule has 0 radical (unpaired) electrons. The fourth-order valence-corrected chi connectivity index (χ4v) is 3.46. The molecule has 0 bridgehead atoms. The molecule has 0 saturated carbocycles. The summed E-state index contributed by atoms with van der Waals surface area (Å²) in [6.45, 7) is 6.45. The second-order valence-corrected chi connectivity index (χ2v) is 6.88. The molecule has 3 nitrogen and oxygen atoms in total. The number of hydrogen-bond acceptors (Lipinski definition) is 2. The minimum absolute atomic E-state index is 0.0362. The molecule has 1 N–H and O–H groups in total. The molecule has 1 fully saturated rings. The van der Waals surface area contributed by atoms with E-state index in [1.165, 1.54) is 12.0 Å². The molecule has 0 aliphatic carbocycles. The van der Waals surface area contributed by atoms with E-state index >= 15 is 0 Å². The van der Waals surface area contributed by atoms with Crippen molar-refractivity contribution >= 4 is 11.6 Å². The highest BCUT2D eigenvalue weighted by Crippen LogP contribution is 2.34. The average molecular weight is 286 g/mol. The van der Waals surface area contributed by atoms with Crippen LogP contribution in [0, 0.1) is 5.41 Å². The van der Waals surface area contributed by atoms with Crippen molar-refractivity contribution in [3.05, 3.63) is 29.8 Å². The van der Waals surface area contributed by atoms with Crippen LogP contribution in [0.1, 0.15) is 45.1 Å². The Balaban J connectivity index is 1.63. The number of likely N-dealkylation sites (tertiary alicyclic amines) is 1. The van der Waals surface area contributed by atoms with Crippen molar-refractivity contribution in [2.45, 2.75) is 52.0 Å². The number of amides is 1. The quantitative estimate of drug-likeness (QED) is 0.903. The Bertz CT molecular complexity index is 518. The van der Waals surface area contributed by atoms with Crippen molar-refractivity contribution in [1.29, 1.82) is 0 Å². The lowest BCUT2D eigenvalue weighted by molar-refractivity contribution is -0.134. The summed E-state index contributed by atoms with van der Waals surface area (Å²) >= 11 is 0. The van der Waals surface area contributed by atoms with Gasteiger partial charge >= 0.3 is 0 Å². The van der Waals surface area contributed by atoms with Crippen molar-refractivity contribution in [2.24, 2.45) is 5.41 Å². The van der Waals surface area contributed by atoms with Crippen molar-refractivity contribution in [3.8, 4) is 0 Å². The minimum Gasteiger partial charge on any atom is -0.373 e. The second-order valence-electron chi connectivity index (χ2n) is 6.88. The third kappa shape index (κ3) is 2.92. The lowest BCUT2D eigenvalue weighted by Gasteiger charge is -2.40. The Labute approximate surface area is 127 Å². The lowest BCUT2D eigenvalue weighted by atomic mass is 9.78. The molecule has 2 aliphatic heterocycles. The van der Waals surface area contributed by atoms with Gasteiger partial charge in [0.15, 0.2) is 0 Å². The van der Waals surface area contributed by atoms with Gasteiger partial charge in [-0.1, -0.05) is 38.5 Å². The van der Waals surface area contributed by atoms with E-state index in [0.717, 1.165) is 44.5 Å². The van der Waals surface area contributed by atoms with Crippen molar-refractivity contribution in [3.63, 3.8) is 0 Å². The van der Waals surface area contributed by atoms with Crippen LogP contribution in [0.4, 0.5) is 5.69 Å². The van der Waals surface area contributed by atoms with Gasteiger partial charge in [0, 0.05) is 18.8 Å². The van der Waals surface area contributed by atoms with Crippen LogP contribution < -0.4 is 5.32 Å². The van der Waals surface area contributed by atoms with E-state index in [1.54, 1.807) is 0 Å². The van der Waals surface area contributed by atoms with Crippen LogP contribution in [-0.4, -0.2) is 29.9 Å². The molecule has 1 unspecified atom stereocenters. The van der Waals surface area contributed by atoms with Gasteiger partial charge < -0.3 is 10.2 Å². The molecule has 0 aromatic heterocycles. The van der Waals surface area contributed by atoms with Gasteiger partial charge in [-0.25, -0.2) is 0 Å². The summed E-state index contributed by atoms with van der Waals surface area (Å²) in [5.41, 5.74) is 2.90. The monoisotopic (exact) mass is 286 g/mol. The van der Waals surface area contributed by atoms with Crippen LogP contribution in [-0.2, 0) is 11.2 Å². The first-order valence-corrected chi connectivity index (χ1v) is 8.24. The van der Waals surface area contributed by atoms with Crippen LogP contribution in [0.25, 0.3) is 0 Å². The molecular formula is C18H26N2O. The largest absolute Gasteiger partial charge is 0.373 e. The Morgan fingerprint density at radius 1 is 1.33 bits per heavy atom. The number of fused-ring (bicyclic) bond motifs is 1. The van der Waals surface area contributed by atoms with Gasteiger partial charge in [-0.15, -0.1) is 0 Å². The molecule has 1 atom stereocenters. The van der Waals surface area contributed by atoms with Gasteiger partial charge in [-0.2, -0.15) is 0 Å². The fraction of sp³-hybridized carbons (Fsp3) is 0.611. The molecule has 2 aliphatic rings. The number of para-hydroxylation sites is 1. The maximum atomic E-state index is 12.7. The smallest absolute Gasteiger partial charge is 0.245 e. The maximum absolute atomic E-state index is 12.7. The van der Waals surface area contributed by atoms with Gasteiger partial charge in [0.2, 0.25) is 5.91 Å². The zero-order valence-corrected chi connectivity index (χ0v) is 13.2. The Hall–Kier alpha value is -1.51. The van der Waals surface area contributed by atoms with Gasteiger partial charge in [-0.3, -0.25) is 4.79 Å². The number of benzene rings is 1. The Morgan fingerprint density at radius 2 is 2.05 bits per heavy atom. The van der Waals surface area contributed by atoms with E-state index in [-0.39, 0.29) is 6.04 Å². The van der Waals surface area contributed by atoms with Crippen LogP contribution >= 0.6 is 0 Å². The fourth-order valence-electron chi connectivity index (χ4n) is 3.46. The first-order chi connectivity index (χ1) is 10.1. The second kappa shape index (κ2) is 5.70. The third-order valence-corrected chi connectivity index (χ3v) is 5.48. The highest BCUT2D eigenvalue weighted by atomic mass is 16.2. The predicted octanol–water partition coefficient (Wildman–Crippen LogP) is 3.45. The van der Waals surface area contributed by atoms with Gasteiger partial charge in [-0.05, 0) is 42.7 Å². The molecule has 2 heterocycles. The third-order valence-electron chi connectivity index (χ3n) is 5.48. The van der Waals surface area contributed by atoms with Crippen LogP contribution in [0.3, 0.4) is 0 Å². The first kappa shape index (κ1) is 14.4. The molecular weight excluding hydrogens is 260 g/mol. The normalized spacial score (nSPS) is 24.1. The lowest BCUT2D eigenvalue weighted by Crippen LogP contribution is -2.49. The summed E-state index contributed by atoms with van der Waals surface area (Å²) in [7, 11) is 0. The number of anilines is 1. The van der Waals surface area contributed by atoms with Gasteiger partial charge in [0.1, 0.15) is 6.04 Å². The summed E-state index contributed by atoms with van der Waals surface area (Å²) in [6.07, 6.45) is 5.40. The highest BCUT2D eigenvalue weighted by molar-refractivity contribution is 5.85. The zero-order valence-electron chi connectivity index (χ0n) is 13.2. The average Bonchev–Trinajstić information content (AvgIpc) is 2.54. The van der Waals surface area contributed by atoms with E-state index < -0.39 is 0 Å². The van der Waals surface area contributed by atoms with Crippen LogP contribution in [0.5, 0.6) is 0 Å². The summed E-state index contributed by atoms with van der Waals surface area (Å²) in [6, 6.07) is 8.30. The molecule has 21 heavy (non-hydrogen) atoms. The summed E-state index contributed by atoms with van der Waals surface area (Å²) in [5, 5.41) is 3.44. The summed E-state index contributed by atoms with van der Waals surface area (Å²) in [4.78, 5) is 14.8. The molecule has 1 saturated heterocycles. The van der Waals surface area contributed by atoms with Crippen molar-refractivity contribution in [1.82, 2.24) is 4.90 Å². The predicted molar refractivity (Wildman–Crippen MR) is 86.4 cm³/mol. The molecule has 1 amide bonds. The highest BCUT2D eigenvalue weighted by Gasteiger charge is 2.33. The van der Waals surface area contributed by atoms with Crippen molar-refractivity contribution in [2.75, 3.05) is 18.4 Å². The topological polar surface area (TPSA) is 32.3 Å². The summed E-state index contributed by atoms with van der Waals surface area (Å²) < 4.78 is 0. The first-order valence-electron chi connectivity index (χ1n) is 8.24. The number of nitrogens with zero attached hydrogens (tertiary/aromatic N) is 1. The number of piperidine rings is 1. The number of hydrogen-bond donors (Lipinski definition) is 1. The summed E-state index contributed by atoms with van der Waals surface area (Å²) in [5.74, 6) is 0.294. The number of carbonyl (C=O) groups is 1.